The summed E-state index contributed by atoms with van der Waals surface area (Å²) in [5.74, 6) is -1.84. The average molecular weight is 402 g/mol. The number of unbranched alkanes of at least 4 members (excludes halogenated alkanes) is 1. The van der Waals surface area contributed by atoms with Crippen molar-refractivity contribution in [1.82, 2.24) is 16.2 Å². The van der Waals surface area contributed by atoms with Gasteiger partial charge in [-0.1, -0.05) is 37.6 Å². The number of hydrogen-bond acceptors (Lipinski definition) is 3. The number of hydrogen-bond donors (Lipinski definition) is 4. The van der Waals surface area contributed by atoms with Crippen LogP contribution in [0.25, 0.3) is 0 Å². The van der Waals surface area contributed by atoms with Crippen molar-refractivity contribution in [3.8, 4) is 0 Å². The number of aryl methyl sites for hydroxylation is 1. The lowest BCUT2D eigenvalue weighted by atomic mass is 10.1. The summed E-state index contributed by atoms with van der Waals surface area (Å²) in [6, 6.07) is 13.4. The first-order chi connectivity index (χ1) is 13.5. The van der Waals surface area contributed by atoms with E-state index in [1.807, 2.05) is 24.3 Å². The molecule has 0 unspecified atom stereocenters. The van der Waals surface area contributed by atoms with E-state index in [-0.39, 0.29) is 17.2 Å². The fraction of sp³-hybridized carbons (Fsp3) is 0.250. The minimum absolute atomic E-state index is 0.122. The Hall–Kier alpha value is -3.00. The van der Waals surface area contributed by atoms with Crippen molar-refractivity contribution in [3.63, 3.8) is 0 Å². The molecule has 2 aromatic rings. The van der Waals surface area contributed by atoms with E-state index in [4.69, 9.17) is 12.2 Å². The van der Waals surface area contributed by atoms with Crippen LogP contribution in [0.2, 0.25) is 0 Å². The third-order valence-corrected chi connectivity index (χ3v) is 4.08. The standard InChI is InChI=1S/C20H23FN4O2S/c1-2-3-6-14-9-11-15(12-10-14)23-20(28)25-24-18(26)13-22-19(27)16-7-4-5-8-17(16)21/h4-5,7-12H,2-3,6,13H2,1H3,(H,22,27)(H,24,26)(H2,23,25,28). The van der Waals surface area contributed by atoms with Gasteiger partial charge in [0.25, 0.3) is 11.8 Å². The Kier molecular flexibility index (Phi) is 8.36. The normalized spacial score (nSPS) is 10.1. The predicted molar refractivity (Wildman–Crippen MR) is 111 cm³/mol. The highest BCUT2D eigenvalue weighted by molar-refractivity contribution is 7.80. The molecule has 0 atom stereocenters. The van der Waals surface area contributed by atoms with Crippen molar-refractivity contribution in [2.24, 2.45) is 0 Å². The molecule has 2 aromatic carbocycles. The SMILES string of the molecule is CCCCc1ccc(NC(=S)NNC(=O)CNC(=O)c2ccccc2F)cc1. The van der Waals surface area contributed by atoms with Crippen molar-refractivity contribution in [1.29, 1.82) is 0 Å². The molecule has 0 bridgehead atoms. The van der Waals surface area contributed by atoms with Crippen molar-refractivity contribution < 1.29 is 14.0 Å². The summed E-state index contributed by atoms with van der Waals surface area (Å²) < 4.78 is 13.5. The minimum Gasteiger partial charge on any atom is -0.343 e. The molecule has 0 aliphatic heterocycles. The number of hydrazine groups is 1. The van der Waals surface area contributed by atoms with E-state index >= 15 is 0 Å². The molecule has 8 heteroatoms. The fourth-order valence-electron chi connectivity index (χ4n) is 2.37. The Balaban J connectivity index is 1.71. The highest BCUT2D eigenvalue weighted by Gasteiger charge is 2.12. The lowest BCUT2D eigenvalue weighted by molar-refractivity contribution is -0.120. The number of carbonyl (C=O) groups is 2. The third-order valence-electron chi connectivity index (χ3n) is 3.87. The number of carbonyl (C=O) groups excluding carboxylic acids is 2. The van der Waals surface area contributed by atoms with Gasteiger partial charge in [-0.3, -0.25) is 20.4 Å². The molecule has 0 aromatic heterocycles. The summed E-state index contributed by atoms with van der Waals surface area (Å²) >= 11 is 5.11. The van der Waals surface area contributed by atoms with E-state index in [1.165, 1.54) is 23.8 Å². The monoisotopic (exact) mass is 402 g/mol. The largest absolute Gasteiger partial charge is 0.343 e. The molecule has 0 saturated carbocycles. The second-order valence-electron chi connectivity index (χ2n) is 6.09. The smallest absolute Gasteiger partial charge is 0.257 e. The van der Waals surface area contributed by atoms with Crippen LogP contribution in [0.3, 0.4) is 0 Å². The Bertz CT molecular complexity index is 827. The molecule has 0 aliphatic carbocycles. The van der Waals surface area contributed by atoms with Gasteiger partial charge in [0.15, 0.2) is 5.11 Å². The van der Waals surface area contributed by atoms with Gasteiger partial charge in [0.05, 0.1) is 12.1 Å². The number of nitrogens with one attached hydrogen (secondary N) is 4. The van der Waals surface area contributed by atoms with Crippen LogP contribution in [0.1, 0.15) is 35.7 Å². The first-order valence-corrected chi connectivity index (χ1v) is 9.38. The lowest BCUT2D eigenvalue weighted by Gasteiger charge is -2.12. The quantitative estimate of drug-likeness (QED) is 0.423. The molecule has 0 heterocycles. The highest BCUT2D eigenvalue weighted by atomic mass is 32.1. The zero-order chi connectivity index (χ0) is 20.4. The van der Waals surface area contributed by atoms with Gasteiger partial charge in [-0.25, -0.2) is 4.39 Å². The number of thiocarbonyl (C=S) groups is 1. The van der Waals surface area contributed by atoms with Gasteiger partial charge in [-0.05, 0) is 54.9 Å². The average Bonchev–Trinajstić information content (AvgIpc) is 2.70. The first kappa shape index (κ1) is 21.3. The molecular weight excluding hydrogens is 379 g/mol. The number of halogens is 1. The number of anilines is 1. The molecule has 6 nitrogen and oxygen atoms in total. The van der Waals surface area contributed by atoms with Gasteiger partial charge < -0.3 is 10.6 Å². The van der Waals surface area contributed by atoms with E-state index in [0.29, 0.717) is 0 Å². The van der Waals surface area contributed by atoms with Crippen LogP contribution < -0.4 is 21.5 Å². The molecular formula is C20H23FN4O2S. The van der Waals surface area contributed by atoms with Gasteiger partial charge in [-0.2, -0.15) is 0 Å². The maximum atomic E-state index is 13.5. The Labute approximate surface area is 168 Å². The first-order valence-electron chi connectivity index (χ1n) is 8.97. The second kappa shape index (κ2) is 11.0. The molecule has 148 valence electrons. The molecule has 28 heavy (non-hydrogen) atoms. The van der Waals surface area contributed by atoms with Gasteiger partial charge in [0.2, 0.25) is 0 Å². The summed E-state index contributed by atoms with van der Waals surface area (Å²) in [4.78, 5) is 23.6. The summed E-state index contributed by atoms with van der Waals surface area (Å²) in [6.45, 7) is 1.83. The highest BCUT2D eigenvalue weighted by Crippen LogP contribution is 2.11. The van der Waals surface area contributed by atoms with Crippen molar-refractivity contribution in [2.45, 2.75) is 26.2 Å². The second-order valence-corrected chi connectivity index (χ2v) is 6.50. The van der Waals surface area contributed by atoms with Crippen LogP contribution >= 0.6 is 12.2 Å². The van der Waals surface area contributed by atoms with Crippen LogP contribution in [0.15, 0.2) is 48.5 Å². The molecule has 0 spiro atoms. The number of amides is 2. The summed E-state index contributed by atoms with van der Waals surface area (Å²) in [5, 5.41) is 5.49. The van der Waals surface area contributed by atoms with E-state index in [1.54, 1.807) is 6.07 Å². The third kappa shape index (κ3) is 6.96. The summed E-state index contributed by atoms with van der Waals surface area (Å²) in [7, 11) is 0. The Morgan fingerprint density at radius 2 is 1.75 bits per heavy atom. The van der Waals surface area contributed by atoms with Crippen LogP contribution in [0.5, 0.6) is 0 Å². The van der Waals surface area contributed by atoms with E-state index < -0.39 is 17.6 Å². The fourth-order valence-corrected chi connectivity index (χ4v) is 2.54. The predicted octanol–water partition coefficient (Wildman–Crippen LogP) is 2.92. The van der Waals surface area contributed by atoms with Gasteiger partial charge in [-0.15, -0.1) is 0 Å². The lowest BCUT2D eigenvalue weighted by Crippen LogP contribution is -2.47. The maximum absolute atomic E-state index is 13.5. The molecule has 0 aliphatic rings. The van der Waals surface area contributed by atoms with Crippen LogP contribution in [-0.4, -0.2) is 23.5 Å². The van der Waals surface area contributed by atoms with Crippen LogP contribution in [-0.2, 0) is 11.2 Å². The number of rotatable bonds is 7. The van der Waals surface area contributed by atoms with Gasteiger partial charge in [0, 0.05) is 5.69 Å². The van der Waals surface area contributed by atoms with Gasteiger partial charge in [0.1, 0.15) is 5.82 Å². The molecule has 0 radical (unpaired) electrons. The Morgan fingerprint density at radius 3 is 2.43 bits per heavy atom. The number of benzene rings is 2. The summed E-state index contributed by atoms with van der Waals surface area (Å²) in [5.41, 5.74) is 6.84. The summed E-state index contributed by atoms with van der Waals surface area (Å²) in [6.07, 6.45) is 3.33. The topological polar surface area (TPSA) is 82.3 Å². The van der Waals surface area contributed by atoms with Crippen molar-refractivity contribution >= 4 is 34.8 Å². The zero-order valence-corrected chi connectivity index (χ0v) is 16.4. The van der Waals surface area contributed by atoms with E-state index in [9.17, 15) is 14.0 Å². The Morgan fingerprint density at radius 1 is 1.04 bits per heavy atom. The van der Waals surface area contributed by atoms with Gasteiger partial charge >= 0.3 is 0 Å². The molecule has 0 saturated heterocycles. The zero-order valence-electron chi connectivity index (χ0n) is 15.5. The van der Waals surface area contributed by atoms with Crippen LogP contribution in [0, 0.1) is 5.82 Å². The maximum Gasteiger partial charge on any atom is 0.257 e. The molecule has 0 fully saturated rings. The van der Waals surface area contributed by atoms with E-state index in [2.05, 4.69) is 28.4 Å². The van der Waals surface area contributed by atoms with Crippen molar-refractivity contribution in [2.75, 3.05) is 11.9 Å². The van der Waals surface area contributed by atoms with E-state index in [0.717, 1.165) is 24.9 Å². The molecule has 4 N–H and O–H groups in total. The van der Waals surface area contributed by atoms with Crippen molar-refractivity contribution in [3.05, 3.63) is 65.5 Å². The van der Waals surface area contributed by atoms with Crippen LogP contribution in [0.4, 0.5) is 10.1 Å². The molecule has 2 amide bonds. The molecule has 2 rings (SSSR count). The minimum atomic E-state index is -0.669.